The van der Waals surface area contributed by atoms with Gasteiger partial charge in [0.2, 0.25) is 5.91 Å². The van der Waals surface area contributed by atoms with Gasteiger partial charge >= 0.3 is 0 Å². The van der Waals surface area contributed by atoms with Gasteiger partial charge in [-0.15, -0.1) is 0 Å². The van der Waals surface area contributed by atoms with E-state index in [9.17, 15) is 26.0 Å². The molecule has 0 saturated heterocycles. The van der Waals surface area contributed by atoms with Crippen molar-refractivity contribution in [3.05, 3.63) is 121 Å². The number of nitrogens with one attached hydrogen (secondary N) is 2. The Morgan fingerprint density at radius 2 is 1.40 bits per heavy atom. The smallest absolute Gasteiger partial charge is 0.264 e. The molecule has 5 aromatic rings. The molecule has 0 saturated carbocycles. The molecular weight excluding hydrogens is 593 g/mol. The van der Waals surface area contributed by atoms with E-state index in [1.165, 1.54) is 43.5 Å². The Kier molecular flexibility index (Phi) is 8.33. The highest BCUT2D eigenvalue weighted by Gasteiger charge is 2.27. The third kappa shape index (κ3) is 6.60. The number of carbonyl (C=O) groups excluding carboxylic acids is 1. The van der Waals surface area contributed by atoms with Crippen molar-refractivity contribution < 1.29 is 30.8 Å². The van der Waals surface area contributed by atoms with Crippen LogP contribution in [0.2, 0.25) is 0 Å². The summed E-state index contributed by atoms with van der Waals surface area (Å²) in [4.78, 5) is 12.8. The van der Waals surface area contributed by atoms with Gasteiger partial charge in [0.15, 0.2) is 0 Å². The highest BCUT2D eigenvalue weighted by molar-refractivity contribution is 7.93. The van der Waals surface area contributed by atoms with Crippen LogP contribution in [-0.2, 0) is 24.8 Å². The highest BCUT2D eigenvalue weighted by Crippen LogP contribution is 2.28. The molecule has 2 N–H and O–H groups in total. The Labute approximate surface area is 248 Å². The van der Waals surface area contributed by atoms with Gasteiger partial charge in [0.25, 0.3) is 20.0 Å². The number of fused-ring (bicyclic) bond motifs is 1. The molecule has 5 rings (SSSR count). The number of halogens is 1. The fourth-order valence-electron chi connectivity index (χ4n) is 4.36. The molecule has 0 fully saturated rings. The fourth-order valence-corrected chi connectivity index (χ4v) is 6.86. The Balaban J connectivity index is 1.34. The first-order chi connectivity index (χ1) is 20.6. The number of sulfonamides is 2. The number of methoxy groups -OCH3 is 1. The number of ether oxygens (including phenoxy) is 1. The summed E-state index contributed by atoms with van der Waals surface area (Å²) in [5, 5.41) is 4.23. The molecule has 12 heteroatoms. The summed E-state index contributed by atoms with van der Waals surface area (Å²) in [6.07, 6.45) is 0. The molecule has 1 amide bonds. The lowest BCUT2D eigenvalue weighted by Gasteiger charge is -2.24. The lowest BCUT2D eigenvalue weighted by Crippen LogP contribution is -2.38. The lowest BCUT2D eigenvalue weighted by atomic mass is 10.1. The minimum Gasteiger partial charge on any atom is -0.497 e. The van der Waals surface area contributed by atoms with E-state index in [-0.39, 0.29) is 21.2 Å². The van der Waals surface area contributed by atoms with E-state index >= 15 is 0 Å². The summed E-state index contributed by atoms with van der Waals surface area (Å²) in [6.45, 7) is -0.616. The van der Waals surface area contributed by atoms with E-state index in [2.05, 4.69) is 10.0 Å². The molecule has 0 bridgehead atoms. The SMILES string of the molecule is COc1ccc(N(CC(=O)Nc2ccc(S(=O)(=O)Nc3cccc4ccccc34)cc2)S(=O)(=O)c2ccc(F)cc2)cc1. The van der Waals surface area contributed by atoms with E-state index < -0.39 is 38.3 Å². The van der Waals surface area contributed by atoms with Gasteiger partial charge in [-0.25, -0.2) is 21.2 Å². The molecule has 0 unspecified atom stereocenters. The fraction of sp³-hybridized carbons (Fsp3) is 0.0645. The summed E-state index contributed by atoms with van der Waals surface area (Å²) >= 11 is 0. The third-order valence-electron chi connectivity index (χ3n) is 6.53. The number of hydrogen-bond acceptors (Lipinski definition) is 6. The van der Waals surface area contributed by atoms with E-state index in [1.54, 1.807) is 24.3 Å². The summed E-state index contributed by atoms with van der Waals surface area (Å²) in [5.74, 6) is -0.811. The zero-order valence-electron chi connectivity index (χ0n) is 22.8. The lowest BCUT2D eigenvalue weighted by molar-refractivity contribution is -0.114. The zero-order chi connectivity index (χ0) is 30.6. The maximum Gasteiger partial charge on any atom is 0.264 e. The monoisotopic (exact) mass is 619 g/mol. The van der Waals surface area contributed by atoms with Crippen molar-refractivity contribution in [2.24, 2.45) is 0 Å². The number of hydrogen-bond donors (Lipinski definition) is 2. The molecule has 220 valence electrons. The number of amides is 1. The van der Waals surface area contributed by atoms with Crippen molar-refractivity contribution >= 4 is 53.8 Å². The van der Waals surface area contributed by atoms with Crippen LogP contribution >= 0.6 is 0 Å². The average Bonchev–Trinajstić information content (AvgIpc) is 3.00. The number of anilines is 3. The van der Waals surface area contributed by atoms with Crippen LogP contribution in [0.15, 0.2) is 125 Å². The number of rotatable bonds is 10. The number of benzene rings is 5. The number of nitrogens with zero attached hydrogens (tertiary/aromatic N) is 1. The second kappa shape index (κ2) is 12.1. The minimum atomic E-state index is -4.27. The van der Waals surface area contributed by atoms with Crippen LogP contribution in [0.3, 0.4) is 0 Å². The van der Waals surface area contributed by atoms with E-state index in [0.29, 0.717) is 11.4 Å². The molecule has 0 radical (unpaired) electrons. The standard InChI is InChI=1S/C31H26FN3O6S2/c1-41-26-15-13-25(14-16-26)35(43(39,40)28-17-9-23(32)10-18-28)21-31(36)33-24-11-19-27(20-12-24)42(37,38)34-30-8-4-6-22-5-2-3-7-29(22)30/h2-20,34H,21H2,1H3,(H,33,36). The normalized spacial score (nSPS) is 11.6. The molecule has 43 heavy (non-hydrogen) atoms. The predicted molar refractivity (Wildman–Crippen MR) is 164 cm³/mol. The molecule has 0 aliphatic heterocycles. The van der Waals surface area contributed by atoms with Crippen LogP contribution in [0.4, 0.5) is 21.5 Å². The van der Waals surface area contributed by atoms with Gasteiger partial charge in [-0.1, -0.05) is 36.4 Å². The number of carbonyl (C=O) groups is 1. The van der Waals surface area contributed by atoms with E-state index in [4.69, 9.17) is 4.74 Å². The van der Waals surface area contributed by atoms with E-state index in [0.717, 1.165) is 39.3 Å². The molecule has 5 aromatic carbocycles. The van der Waals surface area contributed by atoms with Gasteiger partial charge in [0, 0.05) is 11.1 Å². The second-order valence-electron chi connectivity index (χ2n) is 9.37. The second-order valence-corrected chi connectivity index (χ2v) is 12.9. The Hall–Kier alpha value is -4.94. The van der Waals surface area contributed by atoms with Gasteiger partial charge in [-0.05, 0) is 84.2 Å². The first-order valence-electron chi connectivity index (χ1n) is 12.9. The average molecular weight is 620 g/mol. The Morgan fingerprint density at radius 1 is 0.767 bits per heavy atom. The van der Waals surface area contributed by atoms with Crippen LogP contribution in [0.1, 0.15) is 0 Å². The predicted octanol–water partition coefficient (Wildman–Crippen LogP) is 5.62. The van der Waals surface area contributed by atoms with Crippen LogP contribution in [-0.4, -0.2) is 36.4 Å². The molecule has 0 heterocycles. The molecule has 0 aromatic heterocycles. The van der Waals surface area contributed by atoms with Crippen LogP contribution in [0, 0.1) is 5.82 Å². The maximum absolute atomic E-state index is 13.5. The van der Waals surface area contributed by atoms with Gasteiger partial charge in [0.1, 0.15) is 18.1 Å². The van der Waals surface area contributed by atoms with Gasteiger partial charge < -0.3 is 10.1 Å². The Bertz CT molecular complexity index is 1980. The van der Waals surface area contributed by atoms with E-state index in [1.807, 2.05) is 30.3 Å². The van der Waals surface area contributed by atoms with Crippen LogP contribution < -0.4 is 19.1 Å². The summed E-state index contributed by atoms with van der Waals surface area (Å²) < 4.78 is 75.3. The van der Waals surface area contributed by atoms with Gasteiger partial charge in [0.05, 0.1) is 28.3 Å². The van der Waals surface area contributed by atoms with Crippen molar-refractivity contribution in [3.63, 3.8) is 0 Å². The molecule has 0 spiro atoms. The van der Waals surface area contributed by atoms with Crippen molar-refractivity contribution in [2.45, 2.75) is 9.79 Å². The first-order valence-corrected chi connectivity index (χ1v) is 15.8. The summed E-state index contributed by atoms with van der Waals surface area (Å²) in [5.41, 5.74) is 0.862. The highest BCUT2D eigenvalue weighted by atomic mass is 32.2. The quantitative estimate of drug-likeness (QED) is 0.209. The van der Waals surface area contributed by atoms with Crippen LogP contribution in [0.5, 0.6) is 5.75 Å². The third-order valence-corrected chi connectivity index (χ3v) is 9.70. The van der Waals surface area contributed by atoms with Crippen molar-refractivity contribution in [2.75, 3.05) is 28.0 Å². The maximum atomic E-state index is 13.5. The molecule has 0 aliphatic rings. The summed E-state index contributed by atoms with van der Waals surface area (Å²) in [6, 6.07) is 28.5. The largest absolute Gasteiger partial charge is 0.497 e. The molecular formula is C31H26FN3O6S2. The first kappa shape index (κ1) is 29.5. The van der Waals surface area contributed by atoms with Crippen molar-refractivity contribution in [3.8, 4) is 5.75 Å². The van der Waals surface area contributed by atoms with Crippen molar-refractivity contribution in [1.29, 1.82) is 0 Å². The molecule has 9 nitrogen and oxygen atoms in total. The molecule has 0 aliphatic carbocycles. The zero-order valence-corrected chi connectivity index (χ0v) is 24.4. The van der Waals surface area contributed by atoms with Crippen LogP contribution in [0.25, 0.3) is 10.8 Å². The van der Waals surface area contributed by atoms with Gasteiger partial charge in [-0.3, -0.25) is 13.8 Å². The summed E-state index contributed by atoms with van der Waals surface area (Å²) in [7, 11) is -6.76. The van der Waals surface area contributed by atoms with Crippen molar-refractivity contribution in [1.82, 2.24) is 0 Å². The Morgan fingerprint density at radius 3 is 2.07 bits per heavy atom. The molecule has 0 atom stereocenters. The minimum absolute atomic E-state index is 0.0304. The van der Waals surface area contributed by atoms with Gasteiger partial charge in [-0.2, -0.15) is 0 Å². The topological polar surface area (TPSA) is 122 Å².